The van der Waals surface area contributed by atoms with E-state index >= 15 is 0 Å². The van der Waals surface area contributed by atoms with Crippen LogP contribution in [0.3, 0.4) is 0 Å². The molecule has 0 radical (unpaired) electrons. The fraction of sp³-hybridized carbons (Fsp3) is 0.727. The largest absolute Gasteiger partial charge is 0.481 e. The lowest BCUT2D eigenvalue weighted by Crippen LogP contribution is -2.42. The molecule has 0 atom stereocenters. The SMILES string of the molecule is CC(C)(C)OC(=O)NCC(=O)NS(=O)(=O)CCCC(=O)O. The molecule has 21 heavy (non-hydrogen) atoms. The summed E-state index contributed by atoms with van der Waals surface area (Å²) in [6.07, 6.45) is -1.27. The van der Waals surface area contributed by atoms with E-state index in [1.54, 1.807) is 25.5 Å². The quantitative estimate of drug-likeness (QED) is 0.590. The molecule has 0 aliphatic carbocycles. The van der Waals surface area contributed by atoms with Crippen molar-refractivity contribution in [1.29, 1.82) is 0 Å². The molecule has 0 spiro atoms. The monoisotopic (exact) mass is 324 g/mol. The van der Waals surface area contributed by atoms with Crippen LogP contribution in [-0.2, 0) is 24.3 Å². The van der Waals surface area contributed by atoms with Crippen LogP contribution in [0.4, 0.5) is 4.79 Å². The molecule has 0 heterocycles. The summed E-state index contributed by atoms with van der Waals surface area (Å²) in [6, 6.07) is 0. The van der Waals surface area contributed by atoms with Crippen molar-refractivity contribution in [1.82, 2.24) is 10.0 Å². The summed E-state index contributed by atoms with van der Waals surface area (Å²) in [5, 5.41) is 10.5. The molecule has 9 nitrogen and oxygen atoms in total. The number of hydrogen-bond acceptors (Lipinski definition) is 6. The number of nitrogens with one attached hydrogen (secondary N) is 2. The van der Waals surface area contributed by atoms with Crippen molar-refractivity contribution in [2.75, 3.05) is 12.3 Å². The number of carboxylic acid groups (broad SMARTS) is 1. The topological polar surface area (TPSA) is 139 Å². The van der Waals surface area contributed by atoms with E-state index in [0.29, 0.717) is 0 Å². The molecule has 0 bridgehead atoms. The summed E-state index contributed by atoms with van der Waals surface area (Å²) in [6.45, 7) is 4.35. The summed E-state index contributed by atoms with van der Waals surface area (Å²) < 4.78 is 29.4. The maximum atomic E-state index is 11.4. The van der Waals surface area contributed by atoms with Crippen molar-refractivity contribution >= 4 is 28.0 Å². The summed E-state index contributed by atoms with van der Waals surface area (Å²) in [5.74, 6) is -2.54. The summed E-state index contributed by atoms with van der Waals surface area (Å²) >= 11 is 0. The van der Waals surface area contributed by atoms with Gasteiger partial charge >= 0.3 is 12.1 Å². The molecule has 10 heteroatoms. The van der Waals surface area contributed by atoms with E-state index in [2.05, 4.69) is 5.32 Å². The third-order valence-corrected chi connectivity index (χ3v) is 3.23. The zero-order chi connectivity index (χ0) is 16.7. The Labute approximate surface area is 123 Å². The van der Waals surface area contributed by atoms with Crippen LogP contribution < -0.4 is 10.0 Å². The minimum absolute atomic E-state index is 0.114. The van der Waals surface area contributed by atoms with Crippen LogP contribution in [0.5, 0.6) is 0 Å². The van der Waals surface area contributed by atoms with Crippen LogP contribution in [0.15, 0.2) is 0 Å². The van der Waals surface area contributed by atoms with E-state index < -0.39 is 45.9 Å². The minimum atomic E-state index is -3.91. The zero-order valence-electron chi connectivity index (χ0n) is 12.1. The maximum Gasteiger partial charge on any atom is 0.408 e. The molecule has 0 rings (SSSR count). The molecule has 0 aromatic heterocycles. The predicted molar refractivity (Wildman–Crippen MR) is 73.0 cm³/mol. The first-order valence-electron chi connectivity index (χ1n) is 6.13. The van der Waals surface area contributed by atoms with Gasteiger partial charge in [0.1, 0.15) is 12.1 Å². The zero-order valence-corrected chi connectivity index (χ0v) is 12.9. The number of hydrogen-bond donors (Lipinski definition) is 3. The lowest BCUT2D eigenvalue weighted by molar-refractivity contribution is -0.137. The normalized spacial score (nSPS) is 11.6. The van der Waals surface area contributed by atoms with E-state index in [1.807, 2.05) is 0 Å². The number of carbonyl (C=O) groups excluding carboxylic acids is 2. The van der Waals surface area contributed by atoms with Gasteiger partial charge in [0.15, 0.2) is 0 Å². The molecule has 3 N–H and O–H groups in total. The summed E-state index contributed by atoms with van der Waals surface area (Å²) in [7, 11) is -3.91. The highest BCUT2D eigenvalue weighted by Gasteiger charge is 2.18. The summed E-state index contributed by atoms with van der Waals surface area (Å²) in [5.41, 5.74) is -0.733. The Bertz CT molecular complexity index is 493. The molecule has 0 unspecified atom stereocenters. The van der Waals surface area contributed by atoms with Gasteiger partial charge in [0.25, 0.3) is 5.91 Å². The number of alkyl carbamates (subject to hydrolysis) is 1. The Kier molecular flexibility index (Phi) is 7.13. The Balaban J connectivity index is 4.13. The van der Waals surface area contributed by atoms with E-state index in [4.69, 9.17) is 9.84 Å². The number of carbonyl (C=O) groups is 3. The molecule has 2 amide bonds. The highest BCUT2D eigenvalue weighted by atomic mass is 32.2. The Morgan fingerprint density at radius 2 is 1.76 bits per heavy atom. The van der Waals surface area contributed by atoms with Gasteiger partial charge in [0.05, 0.1) is 5.75 Å². The Morgan fingerprint density at radius 3 is 2.24 bits per heavy atom. The number of carboxylic acids is 1. The number of aliphatic carboxylic acids is 1. The second-order valence-corrected chi connectivity index (χ2v) is 7.04. The average Bonchev–Trinajstić information content (AvgIpc) is 2.22. The number of ether oxygens (including phenoxy) is 1. The van der Waals surface area contributed by atoms with Crippen LogP contribution in [-0.4, -0.2) is 49.4 Å². The number of rotatable bonds is 7. The van der Waals surface area contributed by atoms with Crippen molar-refractivity contribution in [2.45, 2.75) is 39.2 Å². The molecule has 0 aliphatic heterocycles. The molecule has 0 fully saturated rings. The molecule has 0 aromatic carbocycles. The standard InChI is InChI=1S/C11H20N2O7S/c1-11(2,3)20-10(17)12-7-8(14)13-21(18,19)6-4-5-9(15)16/h4-7H2,1-3H3,(H,12,17)(H,13,14)(H,15,16). The molecule has 122 valence electrons. The molecule has 0 saturated heterocycles. The van der Waals surface area contributed by atoms with Crippen LogP contribution in [0.1, 0.15) is 33.6 Å². The van der Waals surface area contributed by atoms with Crippen molar-refractivity contribution in [3.63, 3.8) is 0 Å². The van der Waals surface area contributed by atoms with Gasteiger partial charge in [0, 0.05) is 6.42 Å². The highest BCUT2D eigenvalue weighted by Crippen LogP contribution is 2.06. The van der Waals surface area contributed by atoms with Gasteiger partial charge < -0.3 is 15.2 Å². The smallest absolute Gasteiger partial charge is 0.408 e. The second-order valence-electron chi connectivity index (χ2n) is 5.20. The van der Waals surface area contributed by atoms with Crippen LogP contribution in [0.25, 0.3) is 0 Å². The lowest BCUT2D eigenvalue weighted by atomic mass is 10.2. The number of amides is 2. The first-order chi connectivity index (χ1) is 9.41. The first kappa shape index (κ1) is 19.2. The first-order valence-corrected chi connectivity index (χ1v) is 7.78. The van der Waals surface area contributed by atoms with Gasteiger partial charge in [-0.05, 0) is 27.2 Å². The van der Waals surface area contributed by atoms with Gasteiger partial charge in [-0.2, -0.15) is 0 Å². The van der Waals surface area contributed by atoms with E-state index in [9.17, 15) is 22.8 Å². The van der Waals surface area contributed by atoms with E-state index in [0.717, 1.165) is 0 Å². The van der Waals surface area contributed by atoms with Gasteiger partial charge in [0.2, 0.25) is 10.0 Å². The minimum Gasteiger partial charge on any atom is -0.481 e. The van der Waals surface area contributed by atoms with Crippen LogP contribution >= 0.6 is 0 Å². The fourth-order valence-corrected chi connectivity index (χ4v) is 2.19. The molecular formula is C11H20N2O7S. The second kappa shape index (κ2) is 7.81. The third kappa shape index (κ3) is 11.7. The van der Waals surface area contributed by atoms with Gasteiger partial charge in [-0.25, -0.2) is 13.2 Å². The van der Waals surface area contributed by atoms with Crippen molar-refractivity contribution < 1.29 is 32.6 Å². The Hall–Kier alpha value is -1.84. The number of sulfonamides is 1. The van der Waals surface area contributed by atoms with Crippen LogP contribution in [0, 0.1) is 0 Å². The third-order valence-electron chi connectivity index (χ3n) is 1.87. The van der Waals surface area contributed by atoms with Gasteiger partial charge in [-0.3, -0.25) is 14.3 Å². The average molecular weight is 324 g/mol. The van der Waals surface area contributed by atoms with Gasteiger partial charge in [-0.1, -0.05) is 0 Å². The van der Waals surface area contributed by atoms with Crippen molar-refractivity contribution in [2.24, 2.45) is 0 Å². The van der Waals surface area contributed by atoms with Gasteiger partial charge in [-0.15, -0.1) is 0 Å². The molecular weight excluding hydrogens is 304 g/mol. The summed E-state index contributed by atoms with van der Waals surface area (Å²) in [4.78, 5) is 32.9. The van der Waals surface area contributed by atoms with E-state index in [1.165, 1.54) is 0 Å². The molecule has 0 aliphatic rings. The van der Waals surface area contributed by atoms with Crippen molar-refractivity contribution in [3.05, 3.63) is 0 Å². The predicted octanol–water partition coefficient (Wildman–Crippen LogP) is -0.178. The van der Waals surface area contributed by atoms with Crippen LogP contribution in [0.2, 0.25) is 0 Å². The maximum absolute atomic E-state index is 11.4. The van der Waals surface area contributed by atoms with E-state index in [-0.39, 0.29) is 12.8 Å². The lowest BCUT2D eigenvalue weighted by Gasteiger charge is -2.19. The van der Waals surface area contributed by atoms with Crippen molar-refractivity contribution in [3.8, 4) is 0 Å². The molecule has 0 aromatic rings. The molecule has 0 saturated carbocycles. The highest BCUT2D eigenvalue weighted by molar-refractivity contribution is 7.90. The Morgan fingerprint density at radius 1 is 1.19 bits per heavy atom. The fourth-order valence-electron chi connectivity index (χ4n) is 1.14.